The van der Waals surface area contributed by atoms with Crippen LogP contribution in [0.1, 0.15) is 45.7 Å². The first-order valence-electron chi connectivity index (χ1n) is 7.71. The first-order valence-corrected chi connectivity index (χ1v) is 9.05. The van der Waals surface area contributed by atoms with Crippen molar-refractivity contribution < 1.29 is 0 Å². The van der Waals surface area contributed by atoms with Gasteiger partial charge in [-0.1, -0.05) is 81.4 Å². The predicted octanol–water partition coefficient (Wildman–Crippen LogP) is 5.25. The molecule has 1 N–H and O–H groups in total. The number of benzene rings is 2. The van der Waals surface area contributed by atoms with Gasteiger partial charge in [-0.25, -0.2) is 0 Å². The normalized spacial score (nSPS) is 14.7. The highest BCUT2D eigenvalue weighted by Gasteiger charge is 2.30. The molecule has 0 heterocycles. The standard InChI is InChI=1S/C19H26NP/c1-5-19(3,4)21(18-14-10-7-11-15-18)20-16(2)17-12-8-6-9-13-17/h6-16,20H,5H2,1-4H3. The van der Waals surface area contributed by atoms with Crippen LogP contribution in [0.3, 0.4) is 0 Å². The van der Waals surface area contributed by atoms with Crippen molar-refractivity contribution in [2.24, 2.45) is 0 Å². The van der Waals surface area contributed by atoms with Crippen molar-refractivity contribution in [2.45, 2.75) is 45.3 Å². The average molecular weight is 299 g/mol. The van der Waals surface area contributed by atoms with Crippen LogP contribution < -0.4 is 10.4 Å². The Morgan fingerprint density at radius 3 is 2.00 bits per heavy atom. The molecule has 0 fully saturated rings. The fraction of sp³-hybridized carbons (Fsp3) is 0.368. The van der Waals surface area contributed by atoms with Crippen molar-refractivity contribution in [3.63, 3.8) is 0 Å². The summed E-state index contributed by atoms with van der Waals surface area (Å²) >= 11 is 0. The summed E-state index contributed by atoms with van der Waals surface area (Å²) in [5, 5.41) is 5.62. The smallest absolute Gasteiger partial charge is 0.0330 e. The molecule has 0 aliphatic heterocycles. The highest BCUT2D eigenvalue weighted by Crippen LogP contribution is 2.48. The highest BCUT2D eigenvalue weighted by atomic mass is 31.1. The van der Waals surface area contributed by atoms with E-state index in [2.05, 4.69) is 93.4 Å². The maximum absolute atomic E-state index is 3.91. The SMILES string of the molecule is CCC(C)(C)P(NC(C)c1ccccc1)c1ccccc1. The van der Waals surface area contributed by atoms with E-state index in [4.69, 9.17) is 0 Å². The summed E-state index contributed by atoms with van der Waals surface area (Å²) in [5.41, 5.74) is 1.35. The molecule has 0 aromatic heterocycles. The van der Waals surface area contributed by atoms with Gasteiger partial charge in [0.25, 0.3) is 0 Å². The van der Waals surface area contributed by atoms with E-state index in [-0.39, 0.29) is 5.16 Å². The van der Waals surface area contributed by atoms with Crippen LogP contribution in [0.4, 0.5) is 0 Å². The molecule has 1 nitrogen and oxygen atoms in total. The van der Waals surface area contributed by atoms with Crippen LogP contribution in [-0.2, 0) is 0 Å². The zero-order valence-electron chi connectivity index (χ0n) is 13.5. The molecular formula is C19H26NP. The summed E-state index contributed by atoms with van der Waals surface area (Å²) < 4.78 is 0. The van der Waals surface area contributed by atoms with Crippen LogP contribution in [0.2, 0.25) is 0 Å². The molecule has 0 bridgehead atoms. The van der Waals surface area contributed by atoms with E-state index in [1.165, 1.54) is 17.3 Å². The van der Waals surface area contributed by atoms with Crippen LogP contribution >= 0.6 is 8.07 Å². The molecule has 2 rings (SSSR count). The third kappa shape index (κ3) is 4.15. The Kier molecular flexibility index (Phi) is 5.56. The number of hydrogen-bond acceptors (Lipinski definition) is 1. The minimum Gasteiger partial charge on any atom is -0.285 e. The van der Waals surface area contributed by atoms with E-state index in [1.54, 1.807) is 0 Å². The van der Waals surface area contributed by atoms with Gasteiger partial charge < -0.3 is 0 Å². The maximum Gasteiger partial charge on any atom is 0.0330 e. The van der Waals surface area contributed by atoms with Crippen molar-refractivity contribution in [2.75, 3.05) is 0 Å². The number of rotatable bonds is 6. The Hall–Kier alpha value is -1.17. The summed E-state index contributed by atoms with van der Waals surface area (Å²) in [4.78, 5) is 0. The second-order valence-electron chi connectivity index (χ2n) is 6.10. The topological polar surface area (TPSA) is 12.0 Å². The molecule has 2 unspecified atom stereocenters. The Morgan fingerprint density at radius 2 is 1.48 bits per heavy atom. The van der Waals surface area contributed by atoms with Gasteiger partial charge in [0.2, 0.25) is 0 Å². The van der Waals surface area contributed by atoms with Crippen molar-refractivity contribution in [1.82, 2.24) is 5.09 Å². The molecular weight excluding hydrogens is 273 g/mol. The summed E-state index contributed by atoms with van der Waals surface area (Å²) in [5.74, 6) is 0. The first kappa shape index (κ1) is 16.2. The van der Waals surface area contributed by atoms with Crippen LogP contribution in [0.25, 0.3) is 0 Å². The van der Waals surface area contributed by atoms with Crippen LogP contribution in [0, 0.1) is 0 Å². The van der Waals surface area contributed by atoms with E-state index >= 15 is 0 Å². The van der Waals surface area contributed by atoms with E-state index in [1.807, 2.05) is 0 Å². The lowest BCUT2D eigenvalue weighted by molar-refractivity contribution is 0.644. The second kappa shape index (κ2) is 7.20. The second-order valence-corrected chi connectivity index (χ2v) is 8.75. The molecule has 0 saturated carbocycles. The van der Waals surface area contributed by atoms with E-state index < -0.39 is 8.07 Å². The van der Waals surface area contributed by atoms with Gasteiger partial charge in [0.1, 0.15) is 0 Å². The highest BCUT2D eigenvalue weighted by molar-refractivity contribution is 7.65. The van der Waals surface area contributed by atoms with Crippen molar-refractivity contribution in [3.8, 4) is 0 Å². The summed E-state index contributed by atoms with van der Waals surface area (Å²) in [6.07, 6.45) is 1.17. The summed E-state index contributed by atoms with van der Waals surface area (Å²) in [6, 6.07) is 22.0. The zero-order chi connectivity index (χ0) is 15.3. The van der Waals surface area contributed by atoms with Gasteiger partial charge in [0.05, 0.1) is 0 Å². The average Bonchev–Trinajstić information content (AvgIpc) is 2.54. The largest absolute Gasteiger partial charge is 0.285 e. The van der Waals surface area contributed by atoms with Gasteiger partial charge >= 0.3 is 0 Å². The molecule has 0 aliphatic carbocycles. The molecule has 0 radical (unpaired) electrons. The Balaban J connectivity index is 2.25. The minimum absolute atomic E-state index is 0.278. The monoisotopic (exact) mass is 299 g/mol. The summed E-state index contributed by atoms with van der Waals surface area (Å²) in [6.45, 7) is 9.29. The van der Waals surface area contributed by atoms with Crippen molar-refractivity contribution in [3.05, 3.63) is 66.2 Å². The Bertz CT molecular complexity index is 536. The summed E-state index contributed by atoms with van der Waals surface area (Å²) in [7, 11) is -0.412. The molecule has 2 aromatic rings. The third-order valence-corrected chi connectivity index (χ3v) is 7.09. The molecule has 2 atom stereocenters. The molecule has 0 aliphatic rings. The molecule has 112 valence electrons. The van der Waals surface area contributed by atoms with Gasteiger partial charge in [0.15, 0.2) is 0 Å². The van der Waals surface area contributed by atoms with E-state index in [9.17, 15) is 0 Å². The van der Waals surface area contributed by atoms with Crippen molar-refractivity contribution >= 4 is 13.4 Å². The molecule has 21 heavy (non-hydrogen) atoms. The molecule has 2 aromatic carbocycles. The zero-order valence-corrected chi connectivity index (χ0v) is 14.4. The van der Waals surface area contributed by atoms with E-state index in [0.717, 1.165) is 0 Å². The lowest BCUT2D eigenvalue weighted by Gasteiger charge is -2.37. The van der Waals surface area contributed by atoms with E-state index in [0.29, 0.717) is 6.04 Å². The predicted molar refractivity (Wildman–Crippen MR) is 95.4 cm³/mol. The third-order valence-electron chi connectivity index (χ3n) is 4.11. The molecule has 0 saturated heterocycles. The minimum atomic E-state index is -0.412. The molecule has 0 amide bonds. The van der Waals surface area contributed by atoms with Crippen molar-refractivity contribution in [1.29, 1.82) is 0 Å². The van der Waals surface area contributed by atoms with Crippen LogP contribution in [-0.4, -0.2) is 5.16 Å². The van der Waals surface area contributed by atoms with Crippen LogP contribution in [0.5, 0.6) is 0 Å². The lowest BCUT2D eigenvalue weighted by atomic mass is 10.1. The van der Waals surface area contributed by atoms with Gasteiger partial charge in [-0.2, -0.15) is 0 Å². The quantitative estimate of drug-likeness (QED) is 0.718. The molecule has 2 heteroatoms. The van der Waals surface area contributed by atoms with Gasteiger partial charge in [-0.3, -0.25) is 5.09 Å². The lowest BCUT2D eigenvalue weighted by Crippen LogP contribution is -2.32. The maximum atomic E-state index is 3.91. The van der Waals surface area contributed by atoms with Gasteiger partial charge in [0, 0.05) is 11.2 Å². The Labute approximate surface area is 130 Å². The first-order chi connectivity index (χ1) is 10.0. The fourth-order valence-corrected chi connectivity index (χ4v) is 4.86. The van der Waals surface area contributed by atoms with Gasteiger partial charge in [-0.15, -0.1) is 0 Å². The molecule has 0 spiro atoms. The fourth-order valence-electron chi connectivity index (χ4n) is 2.34. The van der Waals surface area contributed by atoms with Gasteiger partial charge in [-0.05, 0) is 32.3 Å². The number of nitrogens with one attached hydrogen (secondary N) is 1. The Morgan fingerprint density at radius 1 is 0.952 bits per heavy atom. The van der Waals surface area contributed by atoms with Crippen LogP contribution in [0.15, 0.2) is 60.7 Å². The number of hydrogen-bond donors (Lipinski definition) is 1.